The first-order valence-electron chi connectivity index (χ1n) is 9.80. The molecule has 3 aromatic rings. The summed E-state index contributed by atoms with van der Waals surface area (Å²) in [6.45, 7) is 3.46. The van der Waals surface area contributed by atoms with Gasteiger partial charge in [-0.1, -0.05) is 29.8 Å². The van der Waals surface area contributed by atoms with Crippen LogP contribution in [0.15, 0.2) is 53.5 Å². The number of rotatable bonds is 5. The molecule has 0 bridgehead atoms. The van der Waals surface area contributed by atoms with Gasteiger partial charge in [-0.05, 0) is 23.8 Å². The normalized spacial score (nSPS) is 14.0. The number of nitrogens with zero attached hydrogens (tertiary/aromatic N) is 4. The van der Waals surface area contributed by atoms with E-state index >= 15 is 0 Å². The zero-order chi connectivity index (χ0) is 22.0. The molecule has 6 nitrogen and oxygen atoms in total. The van der Waals surface area contributed by atoms with Crippen molar-refractivity contribution in [2.45, 2.75) is 6.54 Å². The highest BCUT2D eigenvalue weighted by atomic mass is 35.5. The number of ether oxygens (including phenoxy) is 1. The Labute approximate surface area is 183 Å². The molecule has 162 valence electrons. The fourth-order valence-electron chi connectivity index (χ4n) is 3.61. The predicted octanol–water partition coefficient (Wildman–Crippen LogP) is 3.64. The lowest BCUT2D eigenvalue weighted by molar-refractivity contribution is 0.122. The van der Waals surface area contributed by atoms with Crippen molar-refractivity contribution in [3.63, 3.8) is 0 Å². The van der Waals surface area contributed by atoms with Gasteiger partial charge in [0.1, 0.15) is 16.5 Å². The van der Waals surface area contributed by atoms with Gasteiger partial charge >= 0.3 is 0 Å². The third kappa shape index (κ3) is 4.40. The molecule has 2 heterocycles. The van der Waals surface area contributed by atoms with E-state index in [-0.39, 0.29) is 10.7 Å². The van der Waals surface area contributed by atoms with Crippen molar-refractivity contribution >= 4 is 23.0 Å². The molecule has 1 aliphatic rings. The summed E-state index contributed by atoms with van der Waals surface area (Å²) in [6.07, 6.45) is 1.41. The molecule has 0 atom stereocenters. The zero-order valence-corrected chi connectivity index (χ0v) is 17.6. The Balaban J connectivity index is 1.62. The maximum atomic E-state index is 14.1. The lowest BCUT2D eigenvalue weighted by Crippen LogP contribution is -2.37. The van der Waals surface area contributed by atoms with Gasteiger partial charge < -0.3 is 14.5 Å². The van der Waals surface area contributed by atoms with E-state index < -0.39 is 17.2 Å². The minimum Gasteiger partial charge on any atom is -0.378 e. The SMILES string of the molecule is CN(Cc1ccccc1N1CCOCC1)c1cnn(-c2ccc(F)cc2F)c(=O)c1Cl. The van der Waals surface area contributed by atoms with Crippen LogP contribution in [-0.2, 0) is 11.3 Å². The van der Waals surface area contributed by atoms with Crippen molar-refractivity contribution in [3.05, 3.63) is 81.2 Å². The van der Waals surface area contributed by atoms with Crippen LogP contribution >= 0.6 is 11.6 Å². The largest absolute Gasteiger partial charge is 0.378 e. The summed E-state index contributed by atoms with van der Waals surface area (Å²) < 4.78 is 33.6. The Hall–Kier alpha value is -2.97. The van der Waals surface area contributed by atoms with E-state index in [9.17, 15) is 13.6 Å². The van der Waals surface area contributed by atoms with Crippen LogP contribution < -0.4 is 15.4 Å². The summed E-state index contributed by atoms with van der Waals surface area (Å²) in [5.41, 5.74) is 1.74. The van der Waals surface area contributed by atoms with Crippen molar-refractivity contribution in [2.75, 3.05) is 43.2 Å². The number of para-hydroxylation sites is 1. The van der Waals surface area contributed by atoms with E-state index in [1.165, 1.54) is 6.20 Å². The average molecular weight is 447 g/mol. The summed E-state index contributed by atoms with van der Waals surface area (Å²) in [5.74, 6) is -1.64. The van der Waals surface area contributed by atoms with E-state index in [1.807, 2.05) is 23.1 Å². The van der Waals surface area contributed by atoms with Crippen molar-refractivity contribution in [2.24, 2.45) is 0 Å². The van der Waals surface area contributed by atoms with Crippen LogP contribution in [0.1, 0.15) is 5.56 Å². The highest BCUT2D eigenvalue weighted by Crippen LogP contribution is 2.27. The molecule has 0 unspecified atom stereocenters. The first-order chi connectivity index (χ1) is 15.0. The quantitative estimate of drug-likeness (QED) is 0.599. The number of benzene rings is 2. The molecule has 0 N–H and O–H groups in total. The summed E-state index contributed by atoms with van der Waals surface area (Å²) in [6, 6.07) is 10.9. The number of aromatic nitrogens is 2. The lowest BCUT2D eigenvalue weighted by atomic mass is 10.1. The second-order valence-corrected chi connectivity index (χ2v) is 7.62. The smallest absolute Gasteiger partial charge is 0.292 e. The van der Waals surface area contributed by atoms with Crippen LogP contribution in [0.3, 0.4) is 0 Å². The molecule has 9 heteroatoms. The summed E-state index contributed by atoms with van der Waals surface area (Å²) in [4.78, 5) is 16.8. The van der Waals surface area contributed by atoms with Crippen LogP contribution in [-0.4, -0.2) is 43.1 Å². The minimum absolute atomic E-state index is 0.0925. The highest BCUT2D eigenvalue weighted by Gasteiger charge is 2.19. The van der Waals surface area contributed by atoms with Gasteiger partial charge in [0.2, 0.25) is 0 Å². The summed E-state index contributed by atoms with van der Waals surface area (Å²) in [5, 5.41) is 3.97. The van der Waals surface area contributed by atoms with Gasteiger partial charge in [0.15, 0.2) is 5.82 Å². The molecule has 31 heavy (non-hydrogen) atoms. The minimum atomic E-state index is -0.897. The van der Waals surface area contributed by atoms with Crippen molar-refractivity contribution in [3.8, 4) is 5.69 Å². The average Bonchev–Trinajstić information content (AvgIpc) is 2.77. The van der Waals surface area contributed by atoms with Crippen molar-refractivity contribution < 1.29 is 13.5 Å². The molecule has 1 saturated heterocycles. The summed E-state index contributed by atoms with van der Waals surface area (Å²) >= 11 is 6.34. The molecule has 1 fully saturated rings. The van der Waals surface area contributed by atoms with Gasteiger partial charge in [-0.2, -0.15) is 9.78 Å². The fourth-order valence-corrected chi connectivity index (χ4v) is 3.89. The maximum Gasteiger partial charge on any atom is 0.292 e. The van der Waals surface area contributed by atoms with Gasteiger partial charge in [-0.3, -0.25) is 4.79 Å². The second kappa shape index (κ2) is 9.03. The van der Waals surface area contributed by atoms with E-state index in [4.69, 9.17) is 16.3 Å². The number of morpholine rings is 1. The topological polar surface area (TPSA) is 50.6 Å². The van der Waals surface area contributed by atoms with Crippen molar-refractivity contribution in [1.29, 1.82) is 0 Å². The first kappa shape index (κ1) is 21.3. The third-order valence-electron chi connectivity index (χ3n) is 5.20. The van der Waals surface area contributed by atoms with Gasteiger partial charge in [0, 0.05) is 38.4 Å². The molecule has 2 aromatic carbocycles. The number of hydrogen-bond acceptors (Lipinski definition) is 5. The van der Waals surface area contributed by atoms with E-state index in [0.29, 0.717) is 31.5 Å². The first-order valence-corrected chi connectivity index (χ1v) is 10.2. The van der Waals surface area contributed by atoms with Crippen LogP contribution in [0.5, 0.6) is 0 Å². The van der Waals surface area contributed by atoms with E-state index in [0.717, 1.165) is 41.2 Å². The van der Waals surface area contributed by atoms with Gasteiger partial charge in [-0.15, -0.1) is 0 Å². The Morgan fingerprint density at radius 3 is 2.61 bits per heavy atom. The lowest BCUT2D eigenvalue weighted by Gasteiger charge is -2.31. The zero-order valence-electron chi connectivity index (χ0n) is 16.9. The Morgan fingerprint density at radius 1 is 1.13 bits per heavy atom. The van der Waals surface area contributed by atoms with Gasteiger partial charge in [0.05, 0.1) is 25.1 Å². The highest BCUT2D eigenvalue weighted by molar-refractivity contribution is 6.33. The van der Waals surface area contributed by atoms with Gasteiger partial charge in [-0.25, -0.2) is 8.78 Å². The van der Waals surface area contributed by atoms with Crippen LogP contribution in [0.2, 0.25) is 5.02 Å². The number of anilines is 2. The standard InChI is InChI=1S/C22H21ClF2N4O2/c1-27(14-15-4-2-3-5-18(15)28-8-10-31-11-9-28)20-13-26-29(22(30)21(20)23)19-7-6-16(24)12-17(19)25/h2-7,12-13H,8-11,14H2,1H3. The molecule has 0 saturated carbocycles. The van der Waals surface area contributed by atoms with Crippen LogP contribution in [0.25, 0.3) is 5.69 Å². The van der Waals surface area contributed by atoms with Crippen molar-refractivity contribution in [1.82, 2.24) is 9.78 Å². The Morgan fingerprint density at radius 2 is 1.87 bits per heavy atom. The van der Waals surface area contributed by atoms with E-state index in [1.54, 1.807) is 7.05 Å². The molecular formula is C22H21ClF2N4O2. The molecule has 0 spiro atoms. The Bertz CT molecular complexity index is 1150. The van der Waals surface area contributed by atoms with Crippen LogP contribution in [0, 0.1) is 11.6 Å². The van der Waals surface area contributed by atoms with Crippen LogP contribution in [0.4, 0.5) is 20.2 Å². The maximum absolute atomic E-state index is 14.1. The number of halogens is 3. The summed E-state index contributed by atoms with van der Waals surface area (Å²) in [7, 11) is 1.81. The molecule has 0 aliphatic carbocycles. The predicted molar refractivity (Wildman–Crippen MR) is 116 cm³/mol. The van der Waals surface area contributed by atoms with E-state index in [2.05, 4.69) is 16.1 Å². The molecule has 0 radical (unpaired) electrons. The molecule has 1 aliphatic heterocycles. The third-order valence-corrected chi connectivity index (χ3v) is 5.56. The molecule has 1 aromatic heterocycles. The fraction of sp³-hybridized carbons (Fsp3) is 0.273. The number of hydrogen-bond donors (Lipinski definition) is 0. The van der Waals surface area contributed by atoms with Gasteiger partial charge in [0.25, 0.3) is 5.56 Å². The Kier molecular flexibility index (Phi) is 6.20. The monoisotopic (exact) mass is 446 g/mol. The molecular weight excluding hydrogens is 426 g/mol. The second-order valence-electron chi connectivity index (χ2n) is 7.24. The molecule has 4 rings (SSSR count). The molecule has 0 amide bonds.